The molecule has 0 unspecified atom stereocenters. The molecule has 1 aliphatic heterocycles. The van der Waals surface area contributed by atoms with Gasteiger partial charge in [-0.25, -0.2) is 4.98 Å². The zero-order valence-corrected chi connectivity index (χ0v) is 14.4. The van der Waals surface area contributed by atoms with Crippen molar-refractivity contribution in [3.05, 3.63) is 64.2 Å². The third-order valence-corrected chi connectivity index (χ3v) is 4.62. The molecule has 0 fully saturated rings. The SMILES string of the molecule is CN(C)c1ccc(/C=C2\CCn3c2nc2cc(N)ccc2c3=O)cc1. The van der Waals surface area contributed by atoms with Crippen LogP contribution in [0.2, 0.25) is 0 Å². The Kier molecular flexibility index (Phi) is 3.57. The van der Waals surface area contributed by atoms with Gasteiger partial charge in [0.25, 0.3) is 5.56 Å². The lowest BCUT2D eigenvalue weighted by Gasteiger charge is -2.12. The van der Waals surface area contributed by atoms with Gasteiger partial charge in [-0.1, -0.05) is 12.1 Å². The molecule has 0 radical (unpaired) electrons. The molecule has 0 spiro atoms. The minimum absolute atomic E-state index is 0.00588. The number of hydrogen-bond acceptors (Lipinski definition) is 4. The molecule has 4 rings (SSSR count). The van der Waals surface area contributed by atoms with Gasteiger partial charge in [0.2, 0.25) is 0 Å². The molecule has 2 N–H and O–H groups in total. The minimum Gasteiger partial charge on any atom is -0.399 e. The Labute approximate surface area is 146 Å². The summed E-state index contributed by atoms with van der Waals surface area (Å²) in [5.41, 5.74) is 10.5. The molecule has 0 saturated carbocycles. The number of nitrogen functional groups attached to an aromatic ring is 1. The quantitative estimate of drug-likeness (QED) is 0.733. The van der Waals surface area contributed by atoms with Crippen molar-refractivity contribution in [1.82, 2.24) is 9.55 Å². The summed E-state index contributed by atoms with van der Waals surface area (Å²) in [6.07, 6.45) is 2.92. The molecule has 2 heterocycles. The average molecular weight is 332 g/mol. The Hall–Kier alpha value is -3.08. The van der Waals surface area contributed by atoms with Gasteiger partial charge in [0.1, 0.15) is 5.82 Å². The van der Waals surface area contributed by atoms with E-state index in [0.717, 1.165) is 29.1 Å². The zero-order chi connectivity index (χ0) is 17.6. The summed E-state index contributed by atoms with van der Waals surface area (Å²) in [6, 6.07) is 13.6. The highest BCUT2D eigenvalue weighted by atomic mass is 16.1. The normalized spacial score (nSPS) is 14.9. The summed E-state index contributed by atoms with van der Waals surface area (Å²) in [4.78, 5) is 19.5. The second-order valence-electron chi connectivity index (χ2n) is 6.57. The highest BCUT2D eigenvalue weighted by molar-refractivity contribution is 5.86. The van der Waals surface area contributed by atoms with Crippen molar-refractivity contribution in [2.75, 3.05) is 24.7 Å². The fourth-order valence-electron chi connectivity index (χ4n) is 3.24. The zero-order valence-electron chi connectivity index (χ0n) is 14.4. The van der Waals surface area contributed by atoms with E-state index in [2.05, 4.69) is 35.2 Å². The number of aromatic nitrogens is 2. The molecule has 5 heteroatoms. The van der Waals surface area contributed by atoms with E-state index in [1.165, 1.54) is 0 Å². The van der Waals surface area contributed by atoms with Gasteiger partial charge in [-0.05, 0) is 54.0 Å². The number of fused-ring (bicyclic) bond motifs is 2. The van der Waals surface area contributed by atoms with Crippen LogP contribution in [0.15, 0.2) is 47.3 Å². The standard InChI is InChI=1S/C20H20N4O/c1-23(2)16-6-3-13(4-7-16)11-14-9-10-24-19(14)22-18-12-15(21)5-8-17(18)20(24)25/h3-8,11-12H,9-10,21H2,1-2H3/b14-11+. The first-order valence-electron chi connectivity index (χ1n) is 8.31. The predicted octanol–water partition coefficient (Wildman–Crippen LogP) is 2.99. The van der Waals surface area contributed by atoms with Crippen LogP contribution in [0.25, 0.3) is 22.6 Å². The van der Waals surface area contributed by atoms with Gasteiger partial charge in [0.15, 0.2) is 0 Å². The number of allylic oxidation sites excluding steroid dienone is 1. The van der Waals surface area contributed by atoms with Crippen molar-refractivity contribution in [3.8, 4) is 0 Å². The first-order valence-corrected chi connectivity index (χ1v) is 8.31. The summed E-state index contributed by atoms with van der Waals surface area (Å²) < 4.78 is 1.76. The molecule has 25 heavy (non-hydrogen) atoms. The molecule has 3 aromatic rings. The second-order valence-corrected chi connectivity index (χ2v) is 6.57. The Morgan fingerprint density at radius 2 is 1.92 bits per heavy atom. The van der Waals surface area contributed by atoms with Gasteiger partial charge in [-0.3, -0.25) is 9.36 Å². The molecule has 0 atom stereocenters. The Balaban J connectivity index is 1.81. The summed E-state index contributed by atoms with van der Waals surface area (Å²) >= 11 is 0. The summed E-state index contributed by atoms with van der Waals surface area (Å²) in [6.45, 7) is 0.670. The molecule has 0 aliphatic carbocycles. The van der Waals surface area contributed by atoms with Crippen LogP contribution in [0.5, 0.6) is 0 Å². The van der Waals surface area contributed by atoms with Gasteiger partial charge in [-0.2, -0.15) is 0 Å². The molecule has 0 amide bonds. The third kappa shape index (κ3) is 2.67. The van der Waals surface area contributed by atoms with Gasteiger partial charge < -0.3 is 10.6 Å². The summed E-state index contributed by atoms with van der Waals surface area (Å²) in [5.74, 6) is 0.750. The van der Waals surface area contributed by atoms with Gasteiger partial charge in [0.05, 0.1) is 10.9 Å². The molecule has 0 saturated heterocycles. The maximum atomic E-state index is 12.7. The van der Waals surface area contributed by atoms with Crippen LogP contribution in [0.1, 0.15) is 17.8 Å². The van der Waals surface area contributed by atoms with Crippen molar-refractivity contribution in [3.63, 3.8) is 0 Å². The summed E-state index contributed by atoms with van der Waals surface area (Å²) in [7, 11) is 4.04. The third-order valence-electron chi connectivity index (χ3n) is 4.62. The predicted molar refractivity (Wildman–Crippen MR) is 104 cm³/mol. The first kappa shape index (κ1) is 15.4. The fourth-order valence-corrected chi connectivity index (χ4v) is 3.24. The largest absolute Gasteiger partial charge is 0.399 e. The van der Waals surface area contributed by atoms with Crippen LogP contribution in [0.4, 0.5) is 11.4 Å². The first-order chi connectivity index (χ1) is 12.0. The average Bonchev–Trinajstić information content (AvgIpc) is 2.98. The van der Waals surface area contributed by atoms with Crippen molar-refractivity contribution in [2.24, 2.45) is 0 Å². The van der Waals surface area contributed by atoms with Crippen LogP contribution >= 0.6 is 0 Å². The van der Waals surface area contributed by atoms with Crippen molar-refractivity contribution in [1.29, 1.82) is 0 Å². The van der Waals surface area contributed by atoms with E-state index in [-0.39, 0.29) is 5.56 Å². The maximum absolute atomic E-state index is 12.7. The van der Waals surface area contributed by atoms with Gasteiger partial charge in [0, 0.05) is 32.0 Å². The van der Waals surface area contributed by atoms with E-state index in [1.54, 1.807) is 22.8 Å². The number of nitrogens with two attached hydrogens (primary N) is 1. The van der Waals surface area contributed by atoms with E-state index in [4.69, 9.17) is 10.7 Å². The van der Waals surface area contributed by atoms with Crippen LogP contribution in [0.3, 0.4) is 0 Å². The maximum Gasteiger partial charge on any atom is 0.261 e. The molecular weight excluding hydrogens is 312 g/mol. The number of anilines is 2. The lowest BCUT2D eigenvalue weighted by molar-refractivity contribution is 0.725. The highest BCUT2D eigenvalue weighted by Gasteiger charge is 2.20. The van der Waals surface area contributed by atoms with E-state index in [1.807, 2.05) is 14.1 Å². The fraction of sp³-hybridized carbons (Fsp3) is 0.200. The summed E-state index contributed by atoms with van der Waals surface area (Å²) in [5, 5.41) is 0.620. The molecule has 2 aromatic carbocycles. The molecule has 1 aromatic heterocycles. The van der Waals surface area contributed by atoms with Crippen molar-refractivity contribution in [2.45, 2.75) is 13.0 Å². The van der Waals surface area contributed by atoms with E-state index in [9.17, 15) is 4.79 Å². The van der Waals surface area contributed by atoms with Crippen LogP contribution in [0, 0.1) is 0 Å². The van der Waals surface area contributed by atoms with E-state index < -0.39 is 0 Å². The number of rotatable bonds is 2. The minimum atomic E-state index is 0.00588. The second kappa shape index (κ2) is 5.77. The van der Waals surface area contributed by atoms with Crippen molar-refractivity contribution < 1.29 is 0 Å². The van der Waals surface area contributed by atoms with Crippen LogP contribution in [-0.2, 0) is 6.54 Å². The highest BCUT2D eigenvalue weighted by Crippen LogP contribution is 2.28. The van der Waals surface area contributed by atoms with E-state index in [0.29, 0.717) is 23.1 Å². The van der Waals surface area contributed by atoms with Crippen LogP contribution in [-0.4, -0.2) is 23.6 Å². The number of hydrogen-bond donors (Lipinski definition) is 1. The number of benzene rings is 2. The van der Waals surface area contributed by atoms with Gasteiger partial charge in [-0.15, -0.1) is 0 Å². The van der Waals surface area contributed by atoms with Crippen molar-refractivity contribution >= 4 is 33.9 Å². The Bertz CT molecular complexity index is 1050. The number of nitrogens with zero attached hydrogens (tertiary/aromatic N) is 3. The Morgan fingerprint density at radius 1 is 1.16 bits per heavy atom. The Morgan fingerprint density at radius 3 is 2.64 bits per heavy atom. The van der Waals surface area contributed by atoms with Gasteiger partial charge >= 0.3 is 0 Å². The molecule has 126 valence electrons. The molecule has 0 bridgehead atoms. The lowest BCUT2D eigenvalue weighted by atomic mass is 10.1. The van der Waals surface area contributed by atoms with Crippen LogP contribution < -0.4 is 16.2 Å². The smallest absolute Gasteiger partial charge is 0.261 e. The monoisotopic (exact) mass is 332 g/mol. The molecule has 1 aliphatic rings. The lowest BCUT2D eigenvalue weighted by Crippen LogP contribution is -2.20. The van der Waals surface area contributed by atoms with E-state index >= 15 is 0 Å². The topological polar surface area (TPSA) is 64.2 Å². The molecule has 5 nitrogen and oxygen atoms in total. The molecular formula is C20H20N4O.